The number of halogens is 1. The van der Waals surface area contributed by atoms with E-state index in [2.05, 4.69) is 16.0 Å². The smallest absolute Gasteiger partial charge is 0.258 e. The molecule has 2 aliphatic rings. The predicted octanol–water partition coefficient (Wildman–Crippen LogP) is 3.62. The number of nitrogens with zero attached hydrogens (tertiary/aromatic N) is 4. The van der Waals surface area contributed by atoms with Crippen LogP contribution >= 0.6 is 0 Å². The lowest BCUT2D eigenvalue weighted by atomic mass is 10.1. The molecule has 3 aromatic rings. The lowest BCUT2D eigenvalue weighted by molar-refractivity contribution is 0.0780. The van der Waals surface area contributed by atoms with E-state index in [9.17, 15) is 9.18 Å². The molecule has 1 amide bonds. The van der Waals surface area contributed by atoms with Crippen molar-refractivity contribution in [1.29, 1.82) is 0 Å². The number of rotatable bonds is 5. The summed E-state index contributed by atoms with van der Waals surface area (Å²) in [6, 6.07) is 14.0. The maximum atomic E-state index is 13.1. The van der Waals surface area contributed by atoms with Crippen molar-refractivity contribution in [2.24, 2.45) is 5.92 Å². The molecule has 1 atom stereocenters. The van der Waals surface area contributed by atoms with Crippen LogP contribution in [0.3, 0.4) is 0 Å². The zero-order valence-corrected chi connectivity index (χ0v) is 16.2. The first kappa shape index (κ1) is 18.0. The maximum Gasteiger partial charge on any atom is 0.258 e. The minimum absolute atomic E-state index is 0.0209. The molecule has 0 N–H and O–H groups in total. The Labute approximate surface area is 169 Å². The average molecular weight is 390 g/mol. The van der Waals surface area contributed by atoms with Crippen molar-refractivity contribution in [2.45, 2.75) is 19.4 Å². The molecule has 2 aromatic heterocycles. The van der Waals surface area contributed by atoms with Gasteiger partial charge in [-0.15, -0.1) is 0 Å². The fourth-order valence-corrected chi connectivity index (χ4v) is 4.38. The first-order valence-corrected chi connectivity index (χ1v) is 10.2. The Bertz CT molecular complexity index is 1070. The quantitative estimate of drug-likeness (QED) is 0.668. The van der Waals surface area contributed by atoms with Gasteiger partial charge in [-0.05, 0) is 24.6 Å². The van der Waals surface area contributed by atoms with Crippen LogP contribution in [0.15, 0.2) is 48.7 Å². The molecule has 29 heavy (non-hydrogen) atoms. The lowest BCUT2D eigenvalue weighted by Crippen LogP contribution is -2.28. The molecule has 2 aliphatic heterocycles. The Balaban J connectivity index is 1.32. The molecule has 4 heterocycles. The van der Waals surface area contributed by atoms with E-state index in [1.807, 2.05) is 41.3 Å². The topological polar surface area (TPSA) is 49.3 Å². The van der Waals surface area contributed by atoms with Gasteiger partial charge in [0.1, 0.15) is 0 Å². The second-order valence-corrected chi connectivity index (χ2v) is 7.88. The summed E-state index contributed by atoms with van der Waals surface area (Å²) in [7, 11) is 0. The summed E-state index contributed by atoms with van der Waals surface area (Å²) < 4.78 is 13.0. The zero-order chi connectivity index (χ0) is 19.8. The Hall–Kier alpha value is -3.02. The maximum absolute atomic E-state index is 13.1. The van der Waals surface area contributed by atoms with E-state index in [0.717, 1.165) is 40.9 Å². The van der Waals surface area contributed by atoms with Gasteiger partial charge in [-0.2, -0.15) is 0 Å². The summed E-state index contributed by atoms with van der Waals surface area (Å²) in [5, 5.41) is 1.12. The molecule has 0 spiro atoms. The van der Waals surface area contributed by atoms with Crippen LogP contribution in [-0.2, 0) is 13.0 Å². The molecular formula is C23H23FN4O. The number of hydrogen-bond acceptors (Lipinski definition) is 4. The van der Waals surface area contributed by atoms with Crippen molar-refractivity contribution in [3.05, 3.63) is 65.6 Å². The molecule has 0 saturated carbocycles. The number of pyridine rings is 2. The molecule has 1 fully saturated rings. The standard InChI is InChI=1S/C23H23FN4O/c24-13-16-8-11-27(14-16)21-7-10-25-20-15-28(23(29)22(20)21)12-9-18-6-5-17-3-1-2-4-19(17)26-18/h1-7,10,16H,8-9,11-15H2. The predicted molar refractivity (Wildman–Crippen MR) is 111 cm³/mol. The van der Waals surface area contributed by atoms with Gasteiger partial charge in [0, 0.05) is 49.2 Å². The molecule has 5 nitrogen and oxygen atoms in total. The highest BCUT2D eigenvalue weighted by molar-refractivity contribution is 6.03. The Morgan fingerprint density at radius 2 is 2.03 bits per heavy atom. The second-order valence-electron chi connectivity index (χ2n) is 7.88. The number of amides is 1. The molecule has 6 heteroatoms. The number of carbonyl (C=O) groups excluding carboxylic acids is 1. The fraction of sp³-hybridized carbons (Fsp3) is 0.348. The van der Waals surface area contributed by atoms with Gasteiger partial charge in [-0.1, -0.05) is 24.3 Å². The van der Waals surface area contributed by atoms with Crippen LogP contribution in [0, 0.1) is 5.92 Å². The van der Waals surface area contributed by atoms with E-state index in [1.165, 1.54) is 0 Å². The number of fused-ring (bicyclic) bond motifs is 2. The number of carbonyl (C=O) groups is 1. The summed E-state index contributed by atoms with van der Waals surface area (Å²) in [5.74, 6) is 0.0815. The molecule has 0 radical (unpaired) electrons. The molecule has 5 rings (SSSR count). The van der Waals surface area contributed by atoms with Crippen molar-refractivity contribution in [2.75, 3.05) is 31.2 Å². The van der Waals surface area contributed by atoms with Crippen molar-refractivity contribution in [3.63, 3.8) is 0 Å². The number of anilines is 1. The van der Waals surface area contributed by atoms with Gasteiger partial charge in [0.2, 0.25) is 0 Å². The van der Waals surface area contributed by atoms with Crippen LogP contribution < -0.4 is 4.90 Å². The monoisotopic (exact) mass is 390 g/mol. The Morgan fingerprint density at radius 3 is 2.90 bits per heavy atom. The largest absolute Gasteiger partial charge is 0.370 e. The SMILES string of the molecule is O=C1c2c(N3CCC(CF)C3)ccnc2CN1CCc1ccc2ccccc2n1. The fourth-order valence-electron chi connectivity index (χ4n) is 4.38. The van der Waals surface area contributed by atoms with Crippen molar-refractivity contribution >= 4 is 22.5 Å². The number of aromatic nitrogens is 2. The normalized spacial score (nSPS) is 18.7. The summed E-state index contributed by atoms with van der Waals surface area (Å²) in [6.45, 7) is 2.28. The van der Waals surface area contributed by atoms with Crippen LogP contribution in [0.1, 0.15) is 28.2 Å². The van der Waals surface area contributed by atoms with Crippen LogP contribution in [0.5, 0.6) is 0 Å². The minimum Gasteiger partial charge on any atom is -0.370 e. The number of hydrogen-bond donors (Lipinski definition) is 0. The zero-order valence-electron chi connectivity index (χ0n) is 16.2. The van der Waals surface area contributed by atoms with Gasteiger partial charge in [-0.25, -0.2) is 0 Å². The van der Waals surface area contributed by atoms with E-state index in [4.69, 9.17) is 4.98 Å². The van der Waals surface area contributed by atoms with Gasteiger partial charge in [0.05, 0.1) is 35.7 Å². The first-order valence-electron chi connectivity index (χ1n) is 10.2. The summed E-state index contributed by atoms with van der Waals surface area (Å²) in [4.78, 5) is 26.3. The van der Waals surface area contributed by atoms with E-state index < -0.39 is 0 Å². The third-order valence-corrected chi connectivity index (χ3v) is 5.99. The summed E-state index contributed by atoms with van der Waals surface area (Å²) in [5.41, 5.74) is 4.37. The third-order valence-electron chi connectivity index (χ3n) is 5.99. The van der Waals surface area contributed by atoms with Crippen molar-refractivity contribution in [1.82, 2.24) is 14.9 Å². The van der Waals surface area contributed by atoms with Crippen LogP contribution in [-0.4, -0.2) is 47.1 Å². The highest BCUT2D eigenvalue weighted by atomic mass is 19.1. The first-order chi connectivity index (χ1) is 14.2. The molecule has 1 unspecified atom stereocenters. The Kier molecular flexibility index (Phi) is 4.62. The molecule has 148 valence electrons. The highest BCUT2D eigenvalue weighted by Gasteiger charge is 2.34. The highest BCUT2D eigenvalue weighted by Crippen LogP contribution is 2.33. The van der Waals surface area contributed by atoms with E-state index in [1.54, 1.807) is 6.20 Å². The van der Waals surface area contributed by atoms with Crippen molar-refractivity contribution < 1.29 is 9.18 Å². The van der Waals surface area contributed by atoms with Gasteiger partial charge in [0.25, 0.3) is 5.91 Å². The van der Waals surface area contributed by atoms with E-state index in [-0.39, 0.29) is 18.5 Å². The number of alkyl halides is 1. The van der Waals surface area contributed by atoms with E-state index >= 15 is 0 Å². The molecule has 0 aliphatic carbocycles. The number of benzene rings is 1. The molecule has 0 bridgehead atoms. The van der Waals surface area contributed by atoms with Gasteiger partial charge in [0.15, 0.2) is 0 Å². The average Bonchev–Trinajstić information content (AvgIpc) is 3.37. The van der Waals surface area contributed by atoms with E-state index in [0.29, 0.717) is 31.6 Å². The molecule has 1 saturated heterocycles. The molecular weight excluding hydrogens is 367 g/mol. The minimum atomic E-state index is -0.303. The van der Waals surface area contributed by atoms with Crippen molar-refractivity contribution in [3.8, 4) is 0 Å². The van der Waals surface area contributed by atoms with Gasteiger partial charge in [-0.3, -0.25) is 19.2 Å². The molecule has 1 aromatic carbocycles. The lowest BCUT2D eigenvalue weighted by Gasteiger charge is -2.21. The number of para-hydroxylation sites is 1. The second kappa shape index (κ2) is 7.43. The van der Waals surface area contributed by atoms with Gasteiger partial charge >= 0.3 is 0 Å². The van der Waals surface area contributed by atoms with Crippen LogP contribution in [0.25, 0.3) is 10.9 Å². The summed E-state index contributed by atoms with van der Waals surface area (Å²) in [6.07, 6.45) is 3.30. The Morgan fingerprint density at radius 1 is 1.14 bits per heavy atom. The van der Waals surface area contributed by atoms with Gasteiger partial charge < -0.3 is 9.80 Å². The van der Waals surface area contributed by atoms with Crippen LogP contribution in [0.4, 0.5) is 10.1 Å². The van der Waals surface area contributed by atoms with Crippen LogP contribution in [0.2, 0.25) is 0 Å². The third kappa shape index (κ3) is 3.33. The summed E-state index contributed by atoms with van der Waals surface area (Å²) >= 11 is 0.